The second-order valence-electron chi connectivity index (χ2n) is 2.47. The fraction of sp³-hybridized carbons (Fsp3) is 0.444. The maximum absolute atomic E-state index is 4.99. The summed E-state index contributed by atoms with van der Waals surface area (Å²) in [4.78, 5) is 4.20. The van der Waals surface area contributed by atoms with Crippen molar-refractivity contribution in [3.05, 3.63) is 24.0 Å². The monoisotopic (exact) mass is 166 g/mol. The molecule has 3 nitrogen and oxygen atoms in total. The molecule has 0 radical (unpaired) electrons. The Bertz CT molecular complexity index is 220. The van der Waals surface area contributed by atoms with Gasteiger partial charge < -0.3 is 10.1 Å². The topological polar surface area (TPSA) is 34.1 Å². The maximum Gasteiger partial charge on any atom is 0.137 e. The van der Waals surface area contributed by atoms with Crippen LogP contribution in [0.3, 0.4) is 0 Å². The summed E-state index contributed by atoms with van der Waals surface area (Å²) in [7, 11) is 1.64. The summed E-state index contributed by atoms with van der Waals surface area (Å²) < 4.78 is 4.99. The summed E-state index contributed by atoms with van der Waals surface area (Å²) in [6, 6.07) is 3.88. The summed E-state index contributed by atoms with van der Waals surface area (Å²) in [5.74, 6) is 0.801. The molecule has 3 heteroatoms. The molecule has 1 aromatic rings. The Hall–Kier alpha value is -1.09. The van der Waals surface area contributed by atoms with Gasteiger partial charge in [0.05, 0.1) is 19.0 Å². The number of hydrogen-bond acceptors (Lipinski definition) is 3. The molecule has 1 heterocycles. The lowest BCUT2D eigenvalue weighted by atomic mass is 10.3. The third kappa shape index (κ3) is 2.51. The van der Waals surface area contributed by atoms with E-state index in [1.54, 1.807) is 13.3 Å². The van der Waals surface area contributed by atoms with E-state index >= 15 is 0 Å². The van der Waals surface area contributed by atoms with Gasteiger partial charge in [-0.2, -0.15) is 0 Å². The van der Waals surface area contributed by atoms with Crippen molar-refractivity contribution in [2.45, 2.75) is 13.5 Å². The molecular formula is C9H14N2O. The van der Waals surface area contributed by atoms with E-state index in [-0.39, 0.29) is 0 Å². The van der Waals surface area contributed by atoms with Crippen LogP contribution in [0.2, 0.25) is 0 Å². The summed E-state index contributed by atoms with van der Waals surface area (Å²) >= 11 is 0. The van der Waals surface area contributed by atoms with E-state index in [9.17, 15) is 0 Å². The smallest absolute Gasteiger partial charge is 0.137 e. The van der Waals surface area contributed by atoms with Crippen LogP contribution >= 0.6 is 0 Å². The minimum atomic E-state index is 0.801. The Balaban J connectivity index is 2.53. The standard InChI is InChI=1S/C9H14N2O/c1-3-10-6-8-4-5-9(12-2)7-11-8/h4-5,7,10H,3,6H2,1-2H3. The zero-order valence-electron chi connectivity index (χ0n) is 7.50. The summed E-state index contributed by atoms with van der Waals surface area (Å²) in [5, 5.41) is 3.20. The minimum Gasteiger partial charge on any atom is -0.495 e. The fourth-order valence-corrected chi connectivity index (χ4v) is 0.889. The number of ether oxygens (including phenoxy) is 1. The van der Waals surface area contributed by atoms with E-state index in [4.69, 9.17) is 4.74 Å². The molecule has 0 spiro atoms. The largest absolute Gasteiger partial charge is 0.495 e. The maximum atomic E-state index is 4.99. The van der Waals surface area contributed by atoms with Crippen LogP contribution in [-0.2, 0) is 6.54 Å². The van der Waals surface area contributed by atoms with Crippen LogP contribution in [0.1, 0.15) is 12.6 Å². The van der Waals surface area contributed by atoms with E-state index in [2.05, 4.69) is 17.2 Å². The van der Waals surface area contributed by atoms with E-state index in [1.807, 2.05) is 12.1 Å². The summed E-state index contributed by atoms with van der Waals surface area (Å²) in [6.07, 6.45) is 1.73. The van der Waals surface area contributed by atoms with Crippen LogP contribution in [0.5, 0.6) is 5.75 Å². The SMILES string of the molecule is CCNCc1ccc(OC)cn1. The predicted octanol–water partition coefficient (Wildman–Crippen LogP) is 1.20. The molecule has 0 atom stereocenters. The number of nitrogens with zero attached hydrogens (tertiary/aromatic N) is 1. The molecule has 0 aliphatic heterocycles. The Labute approximate surface area is 72.8 Å². The zero-order valence-corrected chi connectivity index (χ0v) is 7.50. The van der Waals surface area contributed by atoms with Crippen molar-refractivity contribution >= 4 is 0 Å². The number of pyridine rings is 1. The average Bonchev–Trinajstić information content (AvgIpc) is 2.15. The molecule has 0 bridgehead atoms. The highest BCUT2D eigenvalue weighted by Crippen LogP contribution is 2.07. The summed E-state index contributed by atoms with van der Waals surface area (Å²) in [6.45, 7) is 3.86. The fourth-order valence-electron chi connectivity index (χ4n) is 0.889. The van der Waals surface area contributed by atoms with Crippen molar-refractivity contribution in [2.24, 2.45) is 0 Å². The molecule has 1 N–H and O–H groups in total. The van der Waals surface area contributed by atoms with Crippen molar-refractivity contribution in [3.8, 4) is 5.75 Å². The Morgan fingerprint density at radius 2 is 2.33 bits per heavy atom. The second kappa shape index (κ2) is 4.72. The summed E-state index contributed by atoms with van der Waals surface area (Å²) in [5.41, 5.74) is 1.04. The van der Waals surface area contributed by atoms with Gasteiger partial charge in [0.25, 0.3) is 0 Å². The molecule has 0 unspecified atom stereocenters. The average molecular weight is 166 g/mol. The van der Waals surface area contributed by atoms with Crippen molar-refractivity contribution < 1.29 is 4.74 Å². The molecule has 1 aromatic heterocycles. The molecule has 1 rings (SSSR count). The first-order chi connectivity index (χ1) is 5.86. The van der Waals surface area contributed by atoms with Crippen molar-refractivity contribution in [3.63, 3.8) is 0 Å². The Morgan fingerprint density at radius 1 is 1.50 bits per heavy atom. The number of rotatable bonds is 4. The third-order valence-electron chi connectivity index (χ3n) is 1.59. The van der Waals surface area contributed by atoms with Gasteiger partial charge in [0.15, 0.2) is 0 Å². The number of nitrogens with one attached hydrogen (secondary N) is 1. The number of hydrogen-bond donors (Lipinski definition) is 1. The molecule has 0 saturated carbocycles. The molecule has 0 aliphatic rings. The molecule has 0 aliphatic carbocycles. The van der Waals surface area contributed by atoms with E-state index in [0.717, 1.165) is 24.5 Å². The Kier molecular flexibility index (Phi) is 3.54. The molecule has 0 amide bonds. The van der Waals surface area contributed by atoms with Crippen LogP contribution in [0.15, 0.2) is 18.3 Å². The molecule has 12 heavy (non-hydrogen) atoms. The van der Waals surface area contributed by atoms with Crippen molar-refractivity contribution in [1.29, 1.82) is 0 Å². The molecule has 0 fully saturated rings. The quantitative estimate of drug-likeness (QED) is 0.729. The molecule has 0 saturated heterocycles. The number of aromatic nitrogens is 1. The van der Waals surface area contributed by atoms with Crippen LogP contribution in [0, 0.1) is 0 Å². The lowest BCUT2D eigenvalue weighted by Gasteiger charge is -2.02. The van der Waals surface area contributed by atoms with Crippen LogP contribution in [0.25, 0.3) is 0 Å². The first-order valence-corrected chi connectivity index (χ1v) is 4.06. The van der Waals surface area contributed by atoms with Gasteiger partial charge in [0.1, 0.15) is 5.75 Å². The van der Waals surface area contributed by atoms with Crippen LogP contribution < -0.4 is 10.1 Å². The van der Waals surface area contributed by atoms with E-state index < -0.39 is 0 Å². The minimum absolute atomic E-state index is 0.801. The zero-order chi connectivity index (χ0) is 8.81. The highest BCUT2D eigenvalue weighted by atomic mass is 16.5. The van der Waals surface area contributed by atoms with Gasteiger partial charge in [0.2, 0.25) is 0 Å². The van der Waals surface area contributed by atoms with Gasteiger partial charge in [-0.05, 0) is 18.7 Å². The predicted molar refractivity (Wildman–Crippen MR) is 48.2 cm³/mol. The first kappa shape index (κ1) is 9.00. The Morgan fingerprint density at radius 3 is 2.83 bits per heavy atom. The van der Waals surface area contributed by atoms with Gasteiger partial charge >= 0.3 is 0 Å². The highest BCUT2D eigenvalue weighted by molar-refractivity contribution is 5.19. The van der Waals surface area contributed by atoms with Gasteiger partial charge in [0, 0.05) is 6.54 Å². The lowest BCUT2D eigenvalue weighted by Crippen LogP contribution is -2.12. The normalized spacial score (nSPS) is 9.83. The van der Waals surface area contributed by atoms with Crippen molar-refractivity contribution in [1.82, 2.24) is 10.3 Å². The van der Waals surface area contributed by atoms with Gasteiger partial charge in [-0.1, -0.05) is 6.92 Å². The molecular weight excluding hydrogens is 152 g/mol. The molecule has 66 valence electrons. The second-order valence-corrected chi connectivity index (χ2v) is 2.47. The first-order valence-electron chi connectivity index (χ1n) is 4.06. The van der Waals surface area contributed by atoms with Crippen LogP contribution in [-0.4, -0.2) is 18.6 Å². The van der Waals surface area contributed by atoms with E-state index in [0.29, 0.717) is 0 Å². The number of methoxy groups -OCH3 is 1. The van der Waals surface area contributed by atoms with E-state index in [1.165, 1.54) is 0 Å². The van der Waals surface area contributed by atoms with Gasteiger partial charge in [-0.15, -0.1) is 0 Å². The van der Waals surface area contributed by atoms with Crippen LogP contribution in [0.4, 0.5) is 0 Å². The van der Waals surface area contributed by atoms with Gasteiger partial charge in [-0.25, -0.2) is 0 Å². The van der Waals surface area contributed by atoms with Gasteiger partial charge in [-0.3, -0.25) is 4.98 Å². The molecule has 0 aromatic carbocycles. The highest BCUT2D eigenvalue weighted by Gasteiger charge is 1.93. The third-order valence-corrected chi connectivity index (χ3v) is 1.59. The lowest BCUT2D eigenvalue weighted by molar-refractivity contribution is 0.412. The van der Waals surface area contributed by atoms with Crippen molar-refractivity contribution in [2.75, 3.05) is 13.7 Å².